The minimum absolute atomic E-state index is 0. The van der Waals surface area contributed by atoms with E-state index < -0.39 is 0 Å². The molecule has 0 aromatic heterocycles. The van der Waals surface area contributed by atoms with Gasteiger partial charge in [-0.2, -0.15) is 0 Å². The lowest BCUT2D eigenvalue weighted by atomic mass is 9.86. The maximum Gasteiger partial charge on any atom is 0.308 e. The highest BCUT2D eigenvalue weighted by atomic mass is 127. The standard InChI is InChI=1S/C22H35N3O4.HI/c1-4-23-22(25-18-12-10-17(11-13-18)21(26)28-5-2)24-14-7-15-29-20-9-6-8-19(16-20)27-3;/h6,8-9,16-18H,4-5,7,10-15H2,1-3H3,(H2,23,24,25);1H. The number of hydrogen-bond acceptors (Lipinski definition) is 5. The van der Waals surface area contributed by atoms with E-state index in [-0.39, 0.29) is 35.9 Å². The molecule has 1 aliphatic carbocycles. The molecule has 0 spiro atoms. The highest BCUT2D eigenvalue weighted by molar-refractivity contribution is 14.0. The van der Waals surface area contributed by atoms with Crippen molar-refractivity contribution in [3.63, 3.8) is 0 Å². The number of aliphatic imine (C=N–C) groups is 1. The lowest BCUT2D eigenvalue weighted by Crippen LogP contribution is -2.45. The lowest BCUT2D eigenvalue weighted by molar-refractivity contribution is -0.149. The van der Waals surface area contributed by atoms with Crippen LogP contribution >= 0.6 is 24.0 Å². The van der Waals surface area contributed by atoms with Gasteiger partial charge in [-0.3, -0.25) is 9.79 Å². The van der Waals surface area contributed by atoms with Crippen molar-refractivity contribution >= 4 is 35.9 Å². The van der Waals surface area contributed by atoms with Crippen molar-refractivity contribution in [2.75, 3.05) is 33.4 Å². The first-order chi connectivity index (χ1) is 14.2. The summed E-state index contributed by atoms with van der Waals surface area (Å²) in [6.07, 6.45) is 4.46. The van der Waals surface area contributed by atoms with Crippen LogP contribution in [-0.2, 0) is 9.53 Å². The van der Waals surface area contributed by atoms with Crippen molar-refractivity contribution in [2.45, 2.75) is 52.0 Å². The van der Waals surface area contributed by atoms with Crippen LogP contribution in [0.5, 0.6) is 11.5 Å². The van der Waals surface area contributed by atoms with Crippen LogP contribution in [0.15, 0.2) is 29.3 Å². The number of ether oxygens (including phenoxy) is 3. The quantitative estimate of drug-likeness (QED) is 0.157. The lowest BCUT2D eigenvalue weighted by Gasteiger charge is -2.29. The molecule has 0 amide bonds. The maximum atomic E-state index is 11.9. The van der Waals surface area contributed by atoms with E-state index >= 15 is 0 Å². The van der Waals surface area contributed by atoms with Gasteiger partial charge >= 0.3 is 5.97 Å². The van der Waals surface area contributed by atoms with Gasteiger partial charge in [0, 0.05) is 31.6 Å². The normalized spacial score (nSPS) is 18.7. The third-order valence-corrected chi connectivity index (χ3v) is 4.91. The minimum atomic E-state index is -0.0532. The van der Waals surface area contributed by atoms with E-state index in [0.717, 1.165) is 56.1 Å². The molecule has 8 heteroatoms. The Labute approximate surface area is 197 Å². The monoisotopic (exact) mass is 533 g/mol. The molecule has 1 aromatic rings. The summed E-state index contributed by atoms with van der Waals surface area (Å²) in [5.41, 5.74) is 0. The molecule has 0 bridgehead atoms. The highest BCUT2D eigenvalue weighted by Gasteiger charge is 2.27. The number of benzene rings is 1. The highest BCUT2D eigenvalue weighted by Crippen LogP contribution is 2.25. The van der Waals surface area contributed by atoms with Gasteiger partial charge in [-0.15, -0.1) is 24.0 Å². The van der Waals surface area contributed by atoms with Crippen molar-refractivity contribution in [3.8, 4) is 11.5 Å². The molecule has 1 aromatic carbocycles. The van der Waals surface area contributed by atoms with Crippen molar-refractivity contribution in [2.24, 2.45) is 10.9 Å². The molecular formula is C22H36IN3O4. The number of guanidine groups is 1. The second kappa shape index (κ2) is 15.1. The zero-order valence-corrected chi connectivity index (χ0v) is 20.6. The molecular weight excluding hydrogens is 497 g/mol. The topological polar surface area (TPSA) is 81.2 Å². The second-order valence-electron chi connectivity index (χ2n) is 7.09. The molecule has 0 atom stereocenters. The molecule has 0 heterocycles. The van der Waals surface area contributed by atoms with E-state index in [2.05, 4.69) is 22.5 Å². The van der Waals surface area contributed by atoms with E-state index in [1.54, 1.807) is 7.11 Å². The summed E-state index contributed by atoms with van der Waals surface area (Å²) in [5.74, 6) is 2.41. The Morgan fingerprint density at radius 2 is 1.90 bits per heavy atom. The molecule has 1 fully saturated rings. The van der Waals surface area contributed by atoms with Crippen LogP contribution < -0.4 is 20.1 Å². The van der Waals surface area contributed by atoms with Crippen LogP contribution in [0.3, 0.4) is 0 Å². The van der Waals surface area contributed by atoms with Crippen molar-refractivity contribution in [1.82, 2.24) is 10.6 Å². The maximum absolute atomic E-state index is 11.9. The molecule has 30 heavy (non-hydrogen) atoms. The number of methoxy groups -OCH3 is 1. The molecule has 0 saturated heterocycles. The van der Waals surface area contributed by atoms with Gasteiger partial charge in [0.25, 0.3) is 0 Å². The van der Waals surface area contributed by atoms with Gasteiger partial charge in [-0.05, 0) is 51.7 Å². The van der Waals surface area contributed by atoms with Gasteiger partial charge < -0.3 is 24.8 Å². The summed E-state index contributed by atoms with van der Waals surface area (Å²) in [5, 5.41) is 6.80. The molecule has 1 aliphatic rings. The summed E-state index contributed by atoms with van der Waals surface area (Å²) in [6.45, 7) is 6.45. The Balaban J connectivity index is 0.00000450. The van der Waals surface area contributed by atoms with Crippen molar-refractivity contribution in [3.05, 3.63) is 24.3 Å². The first-order valence-electron chi connectivity index (χ1n) is 10.6. The minimum Gasteiger partial charge on any atom is -0.497 e. The molecule has 2 rings (SSSR count). The van der Waals surface area contributed by atoms with Gasteiger partial charge in [0.15, 0.2) is 5.96 Å². The third kappa shape index (κ3) is 9.40. The van der Waals surface area contributed by atoms with Crippen LogP contribution in [0.1, 0.15) is 46.0 Å². The second-order valence-corrected chi connectivity index (χ2v) is 7.09. The molecule has 170 valence electrons. The zero-order valence-electron chi connectivity index (χ0n) is 18.3. The van der Waals surface area contributed by atoms with Crippen LogP contribution in [0.2, 0.25) is 0 Å². The van der Waals surface area contributed by atoms with Gasteiger partial charge in [-0.25, -0.2) is 0 Å². The summed E-state index contributed by atoms with van der Waals surface area (Å²) in [4.78, 5) is 16.5. The number of esters is 1. The third-order valence-electron chi connectivity index (χ3n) is 4.91. The Bertz CT molecular complexity index is 649. The molecule has 0 unspecified atom stereocenters. The molecule has 0 radical (unpaired) electrons. The Kier molecular flexibility index (Phi) is 13.3. The van der Waals surface area contributed by atoms with Crippen LogP contribution in [0, 0.1) is 5.92 Å². The number of carbonyl (C=O) groups excluding carboxylic acids is 1. The van der Waals surface area contributed by atoms with Crippen molar-refractivity contribution < 1.29 is 19.0 Å². The largest absolute Gasteiger partial charge is 0.497 e. The van der Waals surface area contributed by atoms with Crippen molar-refractivity contribution in [1.29, 1.82) is 0 Å². The number of nitrogens with one attached hydrogen (secondary N) is 2. The molecule has 1 saturated carbocycles. The number of hydrogen-bond donors (Lipinski definition) is 2. The Morgan fingerprint density at radius 1 is 1.17 bits per heavy atom. The van der Waals surface area contributed by atoms with Crippen LogP contribution in [-0.4, -0.2) is 51.4 Å². The predicted molar refractivity (Wildman–Crippen MR) is 130 cm³/mol. The Hall–Kier alpha value is -1.71. The molecule has 2 N–H and O–H groups in total. The van der Waals surface area contributed by atoms with Gasteiger partial charge in [0.1, 0.15) is 11.5 Å². The molecule has 0 aliphatic heterocycles. The predicted octanol–water partition coefficient (Wildman–Crippen LogP) is 3.76. The van der Waals surface area contributed by atoms with Gasteiger partial charge in [0.2, 0.25) is 0 Å². The van der Waals surface area contributed by atoms with E-state index in [9.17, 15) is 4.79 Å². The van der Waals surface area contributed by atoms with Crippen LogP contribution in [0.25, 0.3) is 0 Å². The first-order valence-corrected chi connectivity index (χ1v) is 10.6. The van der Waals surface area contributed by atoms with E-state index in [0.29, 0.717) is 25.8 Å². The number of rotatable bonds is 10. The van der Waals surface area contributed by atoms with Crippen LogP contribution in [0.4, 0.5) is 0 Å². The number of halogens is 1. The zero-order chi connectivity index (χ0) is 20.9. The summed E-state index contributed by atoms with van der Waals surface area (Å²) in [6, 6.07) is 7.94. The summed E-state index contributed by atoms with van der Waals surface area (Å²) < 4.78 is 16.1. The summed E-state index contributed by atoms with van der Waals surface area (Å²) in [7, 11) is 1.65. The van der Waals surface area contributed by atoms with E-state index in [1.807, 2.05) is 31.2 Å². The fraction of sp³-hybridized carbons (Fsp3) is 0.636. The average molecular weight is 533 g/mol. The Morgan fingerprint density at radius 3 is 2.57 bits per heavy atom. The number of carbonyl (C=O) groups is 1. The smallest absolute Gasteiger partial charge is 0.308 e. The first kappa shape index (κ1) is 26.3. The number of nitrogens with zero attached hydrogens (tertiary/aromatic N) is 1. The fourth-order valence-corrected chi connectivity index (χ4v) is 3.38. The average Bonchev–Trinajstić information content (AvgIpc) is 2.74. The van der Waals surface area contributed by atoms with Gasteiger partial charge in [0.05, 0.1) is 26.2 Å². The van der Waals surface area contributed by atoms with E-state index in [4.69, 9.17) is 14.2 Å². The SMILES string of the molecule is CCNC(=NCCCOc1cccc(OC)c1)NC1CCC(C(=O)OCC)CC1.I. The van der Waals surface area contributed by atoms with Gasteiger partial charge in [-0.1, -0.05) is 6.07 Å². The summed E-state index contributed by atoms with van der Waals surface area (Å²) >= 11 is 0. The molecule has 7 nitrogen and oxygen atoms in total. The van der Waals surface area contributed by atoms with E-state index in [1.165, 1.54) is 0 Å². The fourth-order valence-electron chi connectivity index (χ4n) is 3.38.